The normalized spacial score (nSPS) is 11.3. The van der Waals surface area contributed by atoms with Crippen LogP contribution >= 0.6 is 11.6 Å². The van der Waals surface area contributed by atoms with Crippen LogP contribution in [0.3, 0.4) is 0 Å². The molecule has 1 aromatic carbocycles. The summed E-state index contributed by atoms with van der Waals surface area (Å²) < 4.78 is 1.69. The zero-order chi connectivity index (χ0) is 23.0. The number of nitrogens with one attached hydrogen (secondary N) is 2. The molecule has 2 rings (SSSR count). The van der Waals surface area contributed by atoms with E-state index in [1.165, 1.54) is 0 Å². The maximum Gasteiger partial charge on any atom is 0.317 e. The van der Waals surface area contributed by atoms with E-state index in [1.807, 2.05) is 25.1 Å². The monoisotopic (exact) mass is 447 g/mol. The second-order valence-corrected chi connectivity index (χ2v) is 9.04. The topological polar surface area (TPSA) is 79.3 Å². The number of aromatic nitrogens is 2. The summed E-state index contributed by atoms with van der Waals surface area (Å²) in [5, 5.41) is 11.1. The van der Waals surface area contributed by atoms with Gasteiger partial charge in [-0.15, -0.1) is 0 Å². The highest BCUT2D eigenvalue weighted by molar-refractivity contribution is 6.30. The first-order valence-corrected chi connectivity index (χ1v) is 11.2. The van der Waals surface area contributed by atoms with Crippen molar-refractivity contribution in [3.05, 3.63) is 41.0 Å². The lowest BCUT2D eigenvalue weighted by atomic mass is 9.92. The molecule has 170 valence electrons. The highest BCUT2D eigenvalue weighted by Gasteiger charge is 2.23. The Morgan fingerprint density at radius 3 is 2.39 bits per heavy atom. The predicted molar refractivity (Wildman–Crippen MR) is 126 cm³/mol. The fourth-order valence-electron chi connectivity index (χ4n) is 2.98. The summed E-state index contributed by atoms with van der Waals surface area (Å²) in [4.78, 5) is 26.8. The minimum absolute atomic E-state index is 0.0253. The van der Waals surface area contributed by atoms with E-state index in [0.717, 1.165) is 30.6 Å². The van der Waals surface area contributed by atoms with Crippen LogP contribution in [0.5, 0.6) is 0 Å². The SMILES string of the molecule is CCCCNC(=O)N(CCC)CC(=O)Nc1cc(C(C)(C)C)nn1-c1ccc(Cl)cc1. The number of unbranched alkanes of at least 4 members (excludes halogenated alkanes) is 1. The van der Waals surface area contributed by atoms with Crippen LogP contribution in [0.2, 0.25) is 5.02 Å². The van der Waals surface area contributed by atoms with Crippen LogP contribution in [0.1, 0.15) is 59.6 Å². The number of amides is 3. The van der Waals surface area contributed by atoms with E-state index in [2.05, 4.69) is 38.3 Å². The van der Waals surface area contributed by atoms with Crippen molar-refractivity contribution < 1.29 is 9.59 Å². The zero-order valence-corrected chi connectivity index (χ0v) is 19.9. The fraction of sp³-hybridized carbons (Fsp3) is 0.522. The number of nitrogens with zero attached hydrogens (tertiary/aromatic N) is 3. The molecular formula is C23H34ClN5O2. The third kappa shape index (κ3) is 7.28. The summed E-state index contributed by atoms with van der Waals surface area (Å²) in [7, 11) is 0. The molecule has 1 aromatic heterocycles. The quantitative estimate of drug-likeness (QED) is 0.532. The molecule has 0 spiro atoms. The maximum absolute atomic E-state index is 12.8. The van der Waals surface area contributed by atoms with Gasteiger partial charge in [0, 0.05) is 29.6 Å². The van der Waals surface area contributed by atoms with E-state index in [1.54, 1.807) is 21.7 Å². The minimum Gasteiger partial charge on any atom is -0.338 e. The number of anilines is 1. The van der Waals surface area contributed by atoms with E-state index in [4.69, 9.17) is 16.7 Å². The van der Waals surface area contributed by atoms with Crippen LogP contribution < -0.4 is 10.6 Å². The van der Waals surface area contributed by atoms with Crippen LogP contribution in [0.25, 0.3) is 5.69 Å². The molecule has 8 heteroatoms. The summed E-state index contributed by atoms with van der Waals surface area (Å²) in [5.74, 6) is 0.287. The lowest BCUT2D eigenvalue weighted by Gasteiger charge is -2.22. The zero-order valence-electron chi connectivity index (χ0n) is 19.2. The second-order valence-electron chi connectivity index (χ2n) is 8.61. The molecule has 1 heterocycles. The molecule has 0 unspecified atom stereocenters. The number of hydrogen-bond donors (Lipinski definition) is 2. The van der Waals surface area contributed by atoms with Gasteiger partial charge in [-0.1, -0.05) is 52.6 Å². The van der Waals surface area contributed by atoms with Crippen molar-refractivity contribution in [3.63, 3.8) is 0 Å². The van der Waals surface area contributed by atoms with Gasteiger partial charge in [-0.25, -0.2) is 9.48 Å². The van der Waals surface area contributed by atoms with Crippen molar-refractivity contribution in [2.24, 2.45) is 0 Å². The summed E-state index contributed by atoms with van der Waals surface area (Å²) in [6.07, 6.45) is 2.68. The molecule has 0 saturated heterocycles. The third-order valence-electron chi connectivity index (χ3n) is 4.74. The lowest BCUT2D eigenvalue weighted by molar-refractivity contribution is -0.116. The number of carbonyl (C=O) groups excluding carboxylic acids is 2. The van der Waals surface area contributed by atoms with Gasteiger partial charge in [-0.3, -0.25) is 4.79 Å². The molecule has 2 N–H and O–H groups in total. The van der Waals surface area contributed by atoms with Gasteiger partial charge in [-0.2, -0.15) is 5.10 Å². The van der Waals surface area contributed by atoms with Crippen LogP contribution in [-0.4, -0.2) is 46.3 Å². The lowest BCUT2D eigenvalue weighted by Crippen LogP contribution is -2.44. The molecule has 0 aliphatic heterocycles. The molecule has 0 atom stereocenters. The Hall–Kier alpha value is -2.54. The first-order chi connectivity index (χ1) is 14.7. The number of halogens is 1. The Labute approximate surface area is 190 Å². The largest absolute Gasteiger partial charge is 0.338 e. The van der Waals surface area contributed by atoms with Crippen LogP contribution in [0.4, 0.5) is 10.6 Å². The van der Waals surface area contributed by atoms with Crippen molar-refractivity contribution >= 4 is 29.4 Å². The molecule has 0 bridgehead atoms. The minimum atomic E-state index is -0.269. The molecular weight excluding hydrogens is 414 g/mol. The van der Waals surface area contributed by atoms with E-state index < -0.39 is 0 Å². The smallest absolute Gasteiger partial charge is 0.317 e. The van der Waals surface area contributed by atoms with Crippen LogP contribution in [0, 0.1) is 0 Å². The molecule has 0 aliphatic rings. The van der Waals surface area contributed by atoms with Crippen molar-refractivity contribution in [2.75, 3.05) is 25.0 Å². The Morgan fingerprint density at radius 1 is 1.13 bits per heavy atom. The van der Waals surface area contributed by atoms with E-state index in [0.29, 0.717) is 23.9 Å². The standard InChI is InChI=1S/C23H34ClN5O2/c1-6-8-13-25-22(31)28(14-7-2)16-21(30)26-20-15-19(23(3,4)5)27-29(20)18-11-9-17(24)10-12-18/h9-12,15H,6-8,13-14,16H2,1-5H3,(H,25,31)(H,26,30). The first-order valence-electron chi connectivity index (χ1n) is 10.8. The summed E-state index contributed by atoms with van der Waals surface area (Å²) in [6, 6.07) is 8.92. The highest BCUT2D eigenvalue weighted by atomic mass is 35.5. The van der Waals surface area contributed by atoms with Crippen LogP contribution in [0.15, 0.2) is 30.3 Å². The van der Waals surface area contributed by atoms with Gasteiger partial charge in [0.15, 0.2) is 0 Å². The number of urea groups is 1. The van der Waals surface area contributed by atoms with E-state index in [9.17, 15) is 9.59 Å². The van der Waals surface area contributed by atoms with Crippen molar-refractivity contribution in [1.82, 2.24) is 20.0 Å². The van der Waals surface area contributed by atoms with Crippen molar-refractivity contribution in [2.45, 2.75) is 59.3 Å². The molecule has 0 radical (unpaired) electrons. The Bertz CT molecular complexity index is 871. The van der Waals surface area contributed by atoms with Crippen molar-refractivity contribution in [3.8, 4) is 5.69 Å². The summed E-state index contributed by atoms with van der Waals surface area (Å²) >= 11 is 6.02. The van der Waals surface area contributed by atoms with Gasteiger partial charge in [0.1, 0.15) is 12.4 Å². The highest BCUT2D eigenvalue weighted by Crippen LogP contribution is 2.26. The first kappa shape index (κ1) is 24.7. The van der Waals surface area contributed by atoms with Gasteiger partial charge in [0.25, 0.3) is 0 Å². The predicted octanol–water partition coefficient (Wildman–Crippen LogP) is 4.98. The van der Waals surface area contributed by atoms with Gasteiger partial charge in [-0.05, 0) is 37.1 Å². The Morgan fingerprint density at radius 2 is 1.81 bits per heavy atom. The molecule has 7 nitrogen and oxygen atoms in total. The number of rotatable bonds is 9. The van der Waals surface area contributed by atoms with Gasteiger partial charge < -0.3 is 15.5 Å². The summed E-state index contributed by atoms with van der Waals surface area (Å²) in [6.45, 7) is 11.3. The second kappa shape index (κ2) is 11.2. The Kier molecular flexibility index (Phi) is 8.92. The number of hydrogen-bond acceptors (Lipinski definition) is 3. The molecule has 3 amide bonds. The van der Waals surface area contributed by atoms with Crippen LogP contribution in [-0.2, 0) is 10.2 Å². The summed E-state index contributed by atoms with van der Waals surface area (Å²) in [5.41, 5.74) is 1.45. The van der Waals surface area contributed by atoms with Gasteiger partial charge >= 0.3 is 6.03 Å². The average molecular weight is 448 g/mol. The average Bonchev–Trinajstić information content (AvgIpc) is 3.12. The molecule has 0 fully saturated rings. The molecule has 31 heavy (non-hydrogen) atoms. The third-order valence-corrected chi connectivity index (χ3v) is 4.99. The molecule has 2 aromatic rings. The maximum atomic E-state index is 12.8. The van der Waals surface area contributed by atoms with Gasteiger partial charge in [0.2, 0.25) is 5.91 Å². The number of benzene rings is 1. The van der Waals surface area contributed by atoms with E-state index >= 15 is 0 Å². The number of carbonyl (C=O) groups is 2. The molecule has 0 saturated carbocycles. The Balaban J connectivity index is 2.21. The van der Waals surface area contributed by atoms with Gasteiger partial charge in [0.05, 0.1) is 11.4 Å². The molecule has 0 aliphatic carbocycles. The van der Waals surface area contributed by atoms with E-state index in [-0.39, 0.29) is 23.9 Å². The van der Waals surface area contributed by atoms with Crippen molar-refractivity contribution in [1.29, 1.82) is 0 Å². The fourth-order valence-corrected chi connectivity index (χ4v) is 3.10.